The van der Waals surface area contributed by atoms with Gasteiger partial charge in [-0.15, -0.1) is 0 Å². The van der Waals surface area contributed by atoms with Crippen molar-refractivity contribution in [2.45, 2.75) is 53.0 Å². The minimum absolute atomic E-state index is 0.402. The summed E-state index contributed by atoms with van der Waals surface area (Å²) in [4.78, 5) is 0. The van der Waals surface area contributed by atoms with Gasteiger partial charge in [0.05, 0.1) is 13.2 Å². The summed E-state index contributed by atoms with van der Waals surface area (Å²) in [5, 5.41) is 3.72. The minimum atomic E-state index is 0.402. The lowest BCUT2D eigenvalue weighted by molar-refractivity contribution is -0.101. The van der Waals surface area contributed by atoms with E-state index in [9.17, 15) is 0 Å². The molecule has 1 aliphatic rings. The summed E-state index contributed by atoms with van der Waals surface area (Å²) >= 11 is 0. The number of hydrogen-bond acceptors (Lipinski definition) is 2. The number of rotatable bonds is 7. The van der Waals surface area contributed by atoms with Crippen molar-refractivity contribution in [1.29, 1.82) is 0 Å². The van der Waals surface area contributed by atoms with Gasteiger partial charge >= 0.3 is 0 Å². The first-order chi connectivity index (χ1) is 7.11. The van der Waals surface area contributed by atoms with Gasteiger partial charge in [0.1, 0.15) is 0 Å². The van der Waals surface area contributed by atoms with Gasteiger partial charge in [0.2, 0.25) is 0 Å². The molecule has 0 aromatic carbocycles. The number of hydrogen-bond donors (Lipinski definition) is 1. The Labute approximate surface area is 94.8 Å². The number of nitrogens with one attached hydrogen (secondary N) is 1. The predicted molar refractivity (Wildman–Crippen MR) is 65.1 cm³/mol. The lowest BCUT2D eigenvalue weighted by atomic mass is 9.87. The molecule has 2 unspecified atom stereocenters. The van der Waals surface area contributed by atoms with Crippen LogP contribution >= 0.6 is 0 Å². The van der Waals surface area contributed by atoms with Crippen molar-refractivity contribution >= 4 is 0 Å². The van der Waals surface area contributed by atoms with Crippen LogP contribution in [-0.2, 0) is 4.74 Å². The molecule has 0 aromatic heterocycles. The molecule has 1 aliphatic heterocycles. The van der Waals surface area contributed by atoms with Gasteiger partial charge in [0, 0.05) is 18.0 Å². The van der Waals surface area contributed by atoms with E-state index in [0.29, 0.717) is 11.5 Å². The first kappa shape index (κ1) is 13.0. The molecule has 15 heavy (non-hydrogen) atoms. The van der Waals surface area contributed by atoms with Crippen LogP contribution in [0, 0.1) is 11.3 Å². The Kier molecular flexibility index (Phi) is 5.07. The Morgan fingerprint density at radius 1 is 1.33 bits per heavy atom. The zero-order chi connectivity index (χ0) is 11.3. The zero-order valence-corrected chi connectivity index (χ0v) is 10.8. The molecule has 2 nitrogen and oxygen atoms in total. The molecule has 1 fully saturated rings. The van der Waals surface area contributed by atoms with E-state index >= 15 is 0 Å². The summed E-state index contributed by atoms with van der Waals surface area (Å²) in [6.07, 6.45) is 3.86. The maximum Gasteiger partial charge on any atom is 0.0554 e. The first-order valence-electron chi connectivity index (χ1n) is 6.42. The van der Waals surface area contributed by atoms with Crippen molar-refractivity contribution in [2.24, 2.45) is 11.3 Å². The molecule has 1 saturated heterocycles. The summed E-state index contributed by atoms with van der Waals surface area (Å²) in [6.45, 7) is 12.2. The van der Waals surface area contributed by atoms with Crippen LogP contribution in [0.25, 0.3) is 0 Å². The molecule has 0 bridgehead atoms. The molecule has 0 aliphatic carbocycles. The van der Waals surface area contributed by atoms with Crippen LogP contribution in [0.15, 0.2) is 0 Å². The van der Waals surface area contributed by atoms with Crippen LogP contribution < -0.4 is 5.32 Å². The van der Waals surface area contributed by atoms with Crippen LogP contribution in [0.3, 0.4) is 0 Å². The average Bonchev–Trinajstić information content (AvgIpc) is 2.16. The van der Waals surface area contributed by atoms with Crippen molar-refractivity contribution in [2.75, 3.05) is 19.8 Å². The lowest BCUT2D eigenvalue weighted by Gasteiger charge is -2.40. The summed E-state index contributed by atoms with van der Waals surface area (Å²) in [5.41, 5.74) is 0.402. The molecular formula is C13H27NO. The Bertz CT molecular complexity index is 177. The molecule has 0 radical (unpaired) electrons. The van der Waals surface area contributed by atoms with Crippen molar-refractivity contribution in [1.82, 2.24) is 5.32 Å². The fourth-order valence-corrected chi connectivity index (χ4v) is 2.33. The highest BCUT2D eigenvalue weighted by Crippen LogP contribution is 2.26. The summed E-state index contributed by atoms with van der Waals surface area (Å²) < 4.78 is 5.27. The fraction of sp³-hybridized carbons (Fsp3) is 1.00. The van der Waals surface area contributed by atoms with E-state index < -0.39 is 0 Å². The SMILES string of the molecule is CCCC(C)C(CC)NCC1(C)COC1. The summed E-state index contributed by atoms with van der Waals surface area (Å²) in [5.74, 6) is 0.796. The second-order valence-corrected chi connectivity index (χ2v) is 5.47. The van der Waals surface area contributed by atoms with Gasteiger partial charge in [-0.2, -0.15) is 0 Å². The lowest BCUT2D eigenvalue weighted by Crippen LogP contribution is -2.50. The molecule has 1 heterocycles. The third-order valence-corrected chi connectivity index (χ3v) is 3.56. The van der Waals surface area contributed by atoms with E-state index in [1.54, 1.807) is 0 Å². The third-order valence-electron chi connectivity index (χ3n) is 3.56. The summed E-state index contributed by atoms with van der Waals surface area (Å²) in [6, 6.07) is 0.683. The molecule has 0 spiro atoms. The second-order valence-electron chi connectivity index (χ2n) is 5.47. The molecule has 1 rings (SSSR count). The minimum Gasteiger partial charge on any atom is -0.380 e. The van der Waals surface area contributed by atoms with Crippen molar-refractivity contribution in [3.8, 4) is 0 Å². The Hall–Kier alpha value is -0.0800. The normalized spacial score (nSPS) is 23.2. The summed E-state index contributed by atoms with van der Waals surface area (Å²) in [7, 11) is 0. The highest BCUT2D eigenvalue weighted by Gasteiger charge is 2.33. The monoisotopic (exact) mass is 213 g/mol. The van der Waals surface area contributed by atoms with Gasteiger partial charge < -0.3 is 10.1 Å². The molecule has 90 valence electrons. The largest absolute Gasteiger partial charge is 0.380 e. The predicted octanol–water partition coefficient (Wildman–Crippen LogP) is 2.83. The van der Waals surface area contributed by atoms with Crippen molar-refractivity contribution < 1.29 is 4.74 Å². The maximum atomic E-state index is 5.27. The van der Waals surface area contributed by atoms with Gasteiger partial charge in [-0.25, -0.2) is 0 Å². The van der Waals surface area contributed by atoms with Crippen LogP contribution in [0.1, 0.15) is 47.0 Å². The van der Waals surface area contributed by atoms with Gasteiger partial charge in [0.15, 0.2) is 0 Å². The molecule has 0 aromatic rings. The van der Waals surface area contributed by atoms with Crippen molar-refractivity contribution in [3.05, 3.63) is 0 Å². The highest BCUT2D eigenvalue weighted by molar-refractivity contribution is 4.85. The highest BCUT2D eigenvalue weighted by atomic mass is 16.5. The van der Waals surface area contributed by atoms with E-state index in [2.05, 4.69) is 33.0 Å². The van der Waals surface area contributed by atoms with E-state index in [1.807, 2.05) is 0 Å². The molecular weight excluding hydrogens is 186 g/mol. The Morgan fingerprint density at radius 3 is 2.40 bits per heavy atom. The van der Waals surface area contributed by atoms with Crippen LogP contribution in [0.2, 0.25) is 0 Å². The van der Waals surface area contributed by atoms with Gasteiger partial charge in [0.25, 0.3) is 0 Å². The van der Waals surface area contributed by atoms with E-state index in [0.717, 1.165) is 25.7 Å². The van der Waals surface area contributed by atoms with Crippen molar-refractivity contribution in [3.63, 3.8) is 0 Å². The third kappa shape index (κ3) is 3.76. The number of ether oxygens (including phenoxy) is 1. The Balaban J connectivity index is 2.26. The standard InChI is InChI=1S/C13H27NO/c1-5-7-11(3)12(6-2)14-8-13(4)9-15-10-13/h11-12,14H,5-10H2,1-4H3. The topological polar surface area (TPSA) is 21.3 Å². The van der Waals surface area contributed by atoms with Gasteiger partial charge in [-0.1, -0.05) is 34.1 Å². The van der Waals surface area contributed by atoms with E-state index in [-0.39, 0.29) is 0 Å². The molecule has 2 atom stereocenters. The quantitative estimate of drug-likeness (QED) is 0.702. The van der Waals surface area contributed by atoms with Gasteiger partial charge in [-0.3, -0.25) is 0 Å². The second kappa shape index (κ2) is 5.86. The fourth-order valence-electron chi connectivity index (χ4n) is 2.33. The Morgan fingerprint density at radius 2 is 2.00 bits per heavy atom. The van der Waals surface area contributed by atoms with E-state index in [4.69, 9.17) is 4.74 Å². The maximum absolute atomic E-state index is 5.27. The average molecular weight is 213 g/mol. The zero-order valence-electron chi connectivity index (χ0n) is 10.8. The van der Waals surface area contributed by atoms with Crippen LogP contribution in [-0.4, -0.2) is 25.8 Å². The smallest absolute Gasteiger partial charge is 0.0554 e. The molecule has 2 heteroatoms. The molecule has 0 saturated carbocycles. The molecule has 1 N–H and O–H groups in total. The molecule has 0 amide bonds. The van der Waals surface area contributed by atoms with Crippen LogP contribution in [0.4, 0.5) is 0 Å². The van der Waals surface area contributed by atoms with E-state index in [1.165, 1.54) is 19.3 Å². The van der Waals surface area contributed by atoms with Gasteiger partial charge in [-0.05, 0) is 18.8 Å². The van der Waals surface area contributed by atoms with Crippen LogP contribution in [0.5, 0.6) is 0 Å². The first-order valence-corrected chi connectivity index (χ1v) is 6.42.